The number of carbonyl (C=O) groups excluding carboxylic acids is 1. The molecule has 3 heterocycles. The number of H-pyrrole nitrogens is 1. The minimum atomic E-state index is 0.0759. The van der Waals surface area contributed by atoms with Crippen molar-refractivity contribution in [2.75, 3.05) is 46.4 Å². The number of benzene rings is 1. The summed E-state index contributed by atoms with van der Waals surface area (Å²) >= 11 is 0. The van der Waals surface area contributed by atoms with Crippen LogP contribution in [0.2, 0.25) is 0 Å². The maximum Gasteiger partial charge on any atom is 0.270 e. The minimum Gasteiger partial charge on any atom is -0.497 e. The van der Waals surface area contributed by atoms with Crippen LogP contribution in [-0.4, -0.2) is 73.2 Å². The first-order valence-electron chi connectivity index (χ1n) is 9.03. The molecule has 2 aliphatic rings. The number of carbonyl (C=O) groups is 1. The van der Waals surface area contributed by atoms with Crippen molar-refractivity contribution in [3.63, 3.8) is 0 Å². The first kappa shape index (κ1) is 16.4. The van der Waals surface area contributed by atoms with Crippen LogP contribution in [0.1, 0.15) is 23.3 Å². The molecule has 0 saturated carbocycles. The van der Waals surface area contributed by atoms with Gasteiger partial charge in [-0.25, -0.2) is 0 Å². The third kappa shape index (κ3) is 3.50. The maximum absolute atomic E-state index is 12.8. The van der Waals surface area contributed by atoms with Gasteiger partial charge in [-0.05, 0) is 31.0 Å². The number of amides is 1. The average Bonchev–Trinajstić information content (AvgIpc) is 3.30. The number of aromatic amines is 1. The number of methoxy groups -OCH3 is 1. The normalized spacial score (nSPS) is 21.8. The van der Waals surface area contributed by atoms with Crippen LogP contribution in [0.15, 0.2) is 24.3 Å². The first-order chi connectivity index (χ1) is 12.2. The molecule has 1 amide bonds. The predicted molar refractivity (Wildman–Crippen MR) is 96.2 cm³/mol. The highest BCUT2D eigenvalue weighted by atomic mass is 16.5. The van der Waals surface area contributed by atoms with Gasteiger partial charge in [-0.3, -0.25) is 9.69 Å². The van der Waals surface area contributed by atoms with Gasteiger partial charge in [-0.1, -0.05) is 0 Å². The van der Waals surface area contributed by atoms with Gasteiger partial charge in [-0.15, -0.1) is 0 Å². The Kier molecular flexibility index (Phi) is 4.63. The third-order valence-corrected chi connectivity index (χ3v) is 5.21. The lowest BCUT2D eigenvalue weighted by Crippen LogP contribution is -2.50. The second-order valence-corrected chi connectivity index (χ2v) is 6.86. The molecule has 0 spiro atoms. The monoisotopic (exact) mass is 343 g/mol. The fourth-order valence-corrected chi connectivity index (χ4v) is 3.73. The molecule has 2 fully saturated rings. The molecule has 2 aromatic rings. The summed E-state index contributed by atoms with van der Waals surface area (Å²) < 4.78 is 11.0. The fraction of sp³-hybridized carbons (Fsp3) is 0.526. The highest BCUT2D eigenvalue weighted by Gasteiger charge is 2.26. The second kappa shape index (κ2) is 7.06. The molecule has 25 heavy (non-hydrogen) atoms. The molecule has 1 aromatic carbocycles. The Morgan fingerprint density at radius 1 is 1.28 bits per heavy atom. The lowest BCUT2D eigenvalue weighted by molar-refractivity contribution is 0.0430. The van der Waals surface area contributed by atoms with E-state index in [1.165, 1.54) is 6.42 Å². The largest absolute Gasteiger partial charge is 0.497 e. The average molecular weight is 343 g/mol. The molecule has 0 bridgehead atoms. The van der Waals surface area contributed by atoms with E-state index in [0.717, 1.165) is 62.4 Å². The Morgan fingerprint density at radius 3 is 2.84 bits per heavy atom. The number of aromatic nitrogens is 1. The van der Waals surface area contributed by atoms with E-state index in [4.69, 9.17) is 9.47 Å². The number of rotatable bonds is 4. The van der Waals surface area contributed by atoms with E-state index in [2.05, 4.69) is 9.88 Å². The highest BCUT2D eigenvalue weighted by Crippen LogP contribution is 2.22. The van der Waals surface area contributed by atoms with E-state index in [1.54, 1.807) is 7.11 Å². The zero-order valence-electron chi connectivity index (χ0n) is 14.7. The van der Waals surface area contributed by atoms with Crippen molar-refractivity contribution >= 4 is 16.8 Å². The molecule has 2 aliphatic heterocycles. The van der Waals surface area contributed by atoms with Gasteiger partial charge in [0.05, 0.1) is 13.2 Å². The number of nitrogens with one attached hydrogen (secondary N) is 1. The van der Waals surface area contributed by atoms with E-state index in [-0.39, 0.29) is 5.91 Å². The van der Waals surface area contributed by atoms with Gasteiger partial charge < -0.3 is 19.4 Å². The van der Waals surface area contributed by atoms with Gasteiger partial charge in [0.25, 0.3) is 5.91 Å². The number of ether oxygens (including phenoxy) is 2. The maximum atomic E-state index is 12.8. The molecule has 6 heteroatoms. The predicted octanol–water partition coefficient (Wildman–Crippen LogP) is 2.11. The third-order valence-electron chi connectivity index (χ3n) is 5.21. The standard InChI is InChI=1S/C19H25N3O3/c1-24-15-5-4-14-11-18(20-17(14)12-15)19(23)22-8-6-21(7-9-22)13-16-3-2-10-25-16/h4-5,11-12,16,20H,2-3,6-10,13H2,1H3. The Labute approximate surface area is 147 Å². The van der Waals surface area contributed by atoms with Crippen LogP contribution >= 0.6 is 0 Å². The van der Waals surface area contributed by atoms with Crippen molar-refractivity contribution in [3.05, 3.63) is 30.0 Å². The van der Waals surface area contributed by atoms with Crippen molar-refractivity contribution in [3.8, 4) is 5.75 Å². The van der Waals surface area contributed by atoms with E-state index in [1.807, 2.05) is 29.2 Å². The van der Waals surface area contributed by atoms with Gasteiger partial charge >= 0.3 is 0 Å². The van der Waals surface area contributed by atoms with E-state index < -0.39 is 0 Å². The summed E-state index contributed by atoms with van der Waals surface area (Å²) in [5, 5.41) is 1.03. The Morgan fingerprint density at radius 2 is 2.12 bits per heavy atom. The van der Waals surface area contributed by atoms with Gasteiger partial charge in [0.2, 0.25) is 0 Å². The minimum absolute atomic E-state index is 0.0759. The zero-order chi connectivity index (χ0) is 17.2. The highest BCUT2D eigenvalue weighted by molar-refractivity contribution is 5.98. The van der Waals surface area contributed by atoms with E-state index in [9.17, 15) is 4.79 Å². The number of nitrogens with zero attached hydrogens (tertiary/aromatic N) is 2. The molecule has 0 aliphatic carbocycles. The number of piperazine rings is 1. The zero-order valence-corrected chi connectivity index (χ0v) is 14.7. The van der Waals surface area contributed by atoms with Crippen molar-refractivity contribution in [2.45, 2.75) is 18.9 Å². The summed E-state index contributed by atoms with van der Waals surface area (Å²) in [7, 11) is 1.65. The smallest absolute Gasteiger partial charge is 0.270 e. The molecule has 1 unspecified atom stereocenters. The summed E-state index contributed by atoms with van der Waals surface area (Å²) in [6.45, 7) is 5.26. The lowest BCUT2D eigenvalue weighted by Gasteiger charge is -2.35. The van der Waals surface area contributed by atoms with Crippen molar-refractivity contribution < 1.29 is 14.3 Å². The molecule has 4 rings (SSSR count). The summed E-state index contributed by atoms with van der Waals surface area (Å²) in [6, 6.07) is 7.73. The van der Waals surface area contributed by atoms with Gasteiger partial charge in [0.1, 0.15) is 11.4 Å². The second-order valence-electron chi connectivity index (χ2n) is 6.86. The summed E-state index contributed by atoms with van der Waals surface area (Å²) in [5.74, 6) is 0.864. The topological polar surface area (TPSA) is 57.8 Å². The molecule has 0 radical (unpaired) electrons. The van der Waals surface area contributed by atoms with Crippen LogP contribution in [-0.2, 0) is 4.74 Å². The van der Waals surface area contributed by atoms with E-state index in [0.29, 0.717) is 11.8 Å². The van der Waals surface area contributed by atoms with Gasteiger partial charge in [0, 0.05) is 56.3 Å². The molecule has 2 saturated heterocycles. The molecule has 1 aromatic heterocycles. The molecular weight excluding hydrogens is 318 g/mol. The van der Waals surface area contributed by atoms with Crippen LogP contribution in [0.3, 0.4) is 0 Å². The van der Waals surface area contributed by atoms with Crippen LogP contribution in [0.4, 0.5) is 0 Å². The summed E-state index contributed by atoms with van der Waals surface area (Å²) in [4.78, 5) is 20.4. The Bertz CT molecular complexity index is 743. The fourth-order valence-electron chi connectivity index (χ4n) is 3.73. The number of fused-ring (bicyclic) bond motifs is 1. The van der Waals surface area contributed by atoms with Crippen LogP contribution < -0.4 is 4.74 Å². The quantitative estimate of drug-likeness (QED) is 0.924. The Hall–Kier alpha value is -2.05. The van der Waals surface area contributed by atoms with Gasteiger partial charge in [-0.2, -0.15) is 0 Å². The summed E-state index contributed by atoms with van der Waals surface area (Å²) in [5.41, 5.74) is 1.58. The molecule has 6 nitrogen and oxygen atoms in total. The van der Waals surface area contributed by atoms with E-state index >= 15 is 0 Å². The molecule has 134 valence electrons. The van der Waals surface area contributed by atoms with Gasteiger partial charge in [0.15, 0.2) is 0 Å². The van der Waals surface area contributed by atoms with Crippen LogP contribution in [0.5, 0.6) is 5.75 Å². The molecule has 1 N–H and O–H groups in total. The molecule has 1 atom stereocenters. The van der Waals surface area contributed by atoms with Crippen molar-refractivity contribution in [1.82, 2.24) is 14.8 Å². The Balaban J connectivity index is 1.38. The SMILES string of the molecule is COc1ccc2cc(C(=O)N3CCN(CC4CCCO4)CC3)[nH]c2c1. The first-order valence-corrected chi connectivity index (χ1v) is 9.03. The van der Waals surface area contributed by atoms with Crippen molar-refractivity contribution in [2.24, 2.45) is 0 Å². The molecular formula is C19H25N3O3. The number of hydrogen-bond acceptors (Lipinski definition) is 4. The van der Waals surface area contributed by atoms with Crippen LogP contribution in [0.25, 0.3) is 10.9 Å². The van der Waals surface area contributed by atoms with Crippen molar-refractivity contribution in [1.29, 1.82) is 0 Å². The lowest BCUT2D eigenvalue weighted by atomic mass is 10.2. The number of hydrogen-bond donors (Lipinski definition) is 1. The van der Waals surface area contributed by atoms with Crippen LogP contribution in [0, 0.1) is 0 Å². The summed E-state index contributed by atoms with van der Waals surface area (Å²) in [6.07, 6.45) is 2.72.